The molecule has 1 fully saturated rings. The molecule has 0 spiro atoms. The first-order valence-electron chi connectivity index (χ1n) is 11.0. The number of nitrogens with one attached hydrogen (secondary N) is 1. The van der Waals surface area contributed by atoms with Crippen molar-refractivity contribution in [3.05, 3.63) is 52.4 Å². The number of rotatable bonds is 7. The highest BCUT2D eigenvalue weighted by molar-refractivity contribution is 5.80. The minimum Gasteiger partial charge on any atom is -0.361 e. The van der Waals surface area contributed by atoms with Gasteiger partial charge in [0.1, 0.15) is 17.4 Å². The van der Waals surface area contributed by atoms with Gasteiger partial charge in [-0.15, -0.1) is 0 Å². The summed E-state index contributed by atoms with van der Waals surface area (Å²) in [4.78, 5) is 8.95. The Hall–Kier alpha value is -2.48. The van der Waals surface area contributed by atoms with E-state index in [-0.39, 0.29) is 6.04 Å². The van der Waals surface area contributed by atoms with Crippen LogP contribution in [0.1, 0.15) is 48.4 Å². The van der Waals surface area contributed by atoms with E-state index >= 15 is 0 Å². The fourth-order valence-corrected chi connectivity index (χ4v) is 4.35. The Balaban J connectivity index is 1.50. The van der Waals surface area contributed by atoms with Crippen molar-refractivity contribution < 1.29 is 13.3 Å². The molecule has 0 bridgehead atoms. The molecule has 1 N–H and O–H groups in total. The van der Waals surface area contributed by atoms with Gasteiger partial charge in [0.15, 0.2) is 5.96 Å². The Morgan fingerprint density at radius 2 is 1.97 bits per heavy atom. The molecule has 2 heterocycles. The number of aromatic nitrogens is 1. The lowest BCUT2D eigenvalue weighted by molar-refractivity contribution is 0.124. The second kappa shape index (κ2) is 10.7. The molecule has 1 saturated heterocycles. The summed E-state index contributed by atoms with van der Waals surface area (Å²) in [7, 11) is 1.80. The van der Waals surface area contributed by atoms with Crippen LogP contribution in [-0.2, 0) is 6.42 Å². The van der Waals surface area contributed by atoms with Crippen molar-refractivity contribution in [2.45, 2.75) is 46.1 Å². The van der Waals surface area contributed by atoms with Crippen LogP contribution in [0.5, 0.6) is 0 Å². The van der Waals surface area contributed by atoms with Crippen LogP contribution in [0, 0.1) is 25.5 Å². The lowest BCUT2D eigenvalue weighted by atomic mass is 10.0. The van der Waals surface area contributed by atoms with Gasteiger partial charge in [0.25, 0.3) is 0 Å². The highest BCUT2D eigenvalue weighted by atomic mass is 19.1. The van der Waals surface area contributed by atoms with Gasteiger partial charge in [-0.2, -0.15) is 0 Å². The van der Waals surface area contributed by atoms with E-state index in [0.717, 1.165) is 75.5 Å². The van der Waals surface area contributed by atoms with Gasteiger partial charge in [-0.1, -0.05) is 18.1 Å². The molecule has 1 unspecified atom stereocenters. The van der Waals surface area contributed by atoms with Crippen LogP contribution in [0.2, 0.25) is 0 Å². The Kier molecular flexibility index (Phi) is 8.01. The monoisotopic (exact) mass is 433 g/mol. The quantitative estimate of drug-likeness (QED) is 0.408. The minimum absolute atomic E-state index is 0.0484. The summed E-state index contributed by atoms with van der Waals surface area (Å²) in [5, 5.41) is 7.46. The maximum atomic E-state index is 14.3. The molecule has 1 aromatic carbocycles. The van der Waals surface area contributed by atoms with Crippen LogP contribution in [-0.4, -0.2) is 60.7 Å². The fraction of sp³-hybridized carbons (Fsp3) is 0.565. The van der Waals surface area contributed by atoms with Crippen LogP contribution in [0.3, 0.4) is 0 Å². The summed E-state index contributed by atoms with van der Waals surface area (Å²) in [5.74, 6) is 0.774. The number of aryl methyl sites for hydroxylation is 2. The second-order valence-corrected chi connectivity index (χ2v) is 7.99. The maximum absolute atomic E-state index is 14.3. The molecule has 1 atom stereocenters. The number of hydrogen-bond acceptors (Lipinski definition) is 4. The molecule has 31 heavy (non-hydrogen) atoms. The van der Waals surface area contributed by atoms with Crippen molar-refractivity contribution in [1.82, 2.24) is 20.3 Å². The van der Waals surface area contributed by atoms with E-state index in [1.807, 2.05) is 20.8 Å². The number of piperazine rings is 1. The Bertz CT molecular complexity index is 871. The van der Waals surface area contributed by atoms with E-state index in [1.54, 1.807) is 13.1 Å². The van der Waals surface area contributed by atoms with Crippen molar-refractivity contribution >= 4 is 5.96 Å². The van der Waals surface area contributed by atoms with Gasteiger partial charge < -0.3 is 14.7 Å². The maximum Gasteiger partial charge on any atom is 0.193 e. The summed E-state index contributed by atoms with van der Waals surface area (Å²) < 4.78 is 32.8. The van der Waals surface area contributed by atoms with Crippen molar-refractivity contribution in [2.75, 3.05) is 39.8 Å². The predicted octanol–water partition coefficient (Wildman–Crippen LogP) is 3.85. The molecular weight excluding hydrogens is 400 g/mol. The van der Waals surface area contributed by atoms with Crippen molar-refractivity contribution in [3.8, 4) is 0 Å². The van der Waals surface area contributed by atoms with Crippen molar-refractivity contribution in [3.63, 3.8) is 0 Å². The number of benzene rings is 1. The number of halogens is 2. The van der Waals surface area contributed by atoms with Gasteiger partial charge in [0.05, 0.1) is 5.69 Å². The Morgan fingerprint density at radius 1 is 1.23 bits per heavy atom. The third-order valence-corrected chi connectivity index (χ3v) is 6.04. The van der Waals surface area contributed by atoms with Gasteiger partial charge in [-0.3, -0.25) is 9.89 Å². The molecule has 6 nitrogen and oxygen atoms in total. The zero-order valence-corrected chi connectivity index (χ0v) is 18.9. The molecule has 1 aliphatic heterocycles. The third-order valence-electron chi connectivity index (χ3n) is 6.04. The van der Waals surface area contributed by atoms with Crippen LogP contribution < -0.4 is 5.32 Å². The standard InChI is InChI=1S/C23H33F2N5O/c1-5-22(20-9-8-18(24)15-21(20)25)29-11-13-30(14-12-29)23(26-4)27-10-6-7-19-16(2)28-31-17(19)3/h8-9,15,22H,5-7,10-14H2,1-4H3,(H,26,27). The zero-order chi connectivity index (χ0) is 22.4. The minimum atomic E-state index is -0.537. The first-order chi connectivity index (χ1) is 14.9. The summed E-state index contributed by atoms with van der Waals surface area (Å²) in [6.45, 7) is 9.99. The van der Waals surface area contributed by atoms with Crippen LogP contribution >= 0.6 is 0 Å². The van der Waals surface area contributed by atoms with Crippen molar-refractivity contribution in [2.24, 2.45) is 4.99 Å². The zero-order valence-electron chi connectivity index (χ0n) is 18.9. The average molecular weight is 434 g/mol. The lowest BCUT2D eigenvalue weighted by Crippen LogP contribution is -2.53. The SMILES string of the molecule is CCC(c1ccc(F)cc1F)N1CCN(C(=NC)NCCCc2c(C)noc2C)CC1. The van der Waals surface area contributed by atoms with Gasteiger partial charge in [0, 0.05) is 63.0 Å². The normalized spacial score (nSPS) is 16.6. The molecule has 0 amide bonds. The van der Waals surface area contributed by atoms with E-state index in [0.29, 0.717) is 5.56 Å². The highest BCUT2D eigenvalue weighted by Crippen LogP contribution is 2.28. The third kappa shape index (κ3) is 5.61. The Morgan fingerprint density at radius 3 is 2.55 bits per heavy atom. The van der Waals surface area contributed by atoms with E-state index in [2.05, 4.69) is 25.3 Å². The summed E-state index contributed by atoms with van der Waals surface area (Å²) in [5.41, 5.74) is 2.71. The van der Waals surface area contributed by atoms with Gasteiger partial charge >= 0.3 is 0 Å². The van der Waals surface area contributed by atoms with Crippen LogP contribution in [0.15, 0.2) is 27.7 Å². The summed E-state index contributed by atoms with van der Waals surface area (Å²) in [6.07, 6.45) is 2.65. The molecule has 3 rings (SSSR count). The highest BCUT2D eigenvalue weighted by Gasteiger charge is 2.27. The summed E-state index contributed by atoms with van der Waals surface area (Å²) >= 11 is 0. The van der Waals surface area contributed by atoms with Gasteiger partial charge in [0.2, 0.25) is 0 Å². The lowest BCUT2D eigenvalue weighted by Gasteiger charge is -2.40. The van der Waals surface area contributed by atoms with Gasteiger partial charge in [-0.25, -0.2) is 8.78 Å². The fourth-order valence-electron chi connectivity index (χ4n) is 4.35. The molecule has 8 heteroatoms. The van der Waals surface area contributed by atoms with Crippen LogP contribution in [0.25, 0.3) is 0 Å². The first kappa shape index (κ1) is 23.2. The molecule has 0 saturated carbocycles. The summed E-state index contributed by atoms with van der Waals surface area (Å²) in [6, 6.07) is 3.84. The van der Waals surface area contributed by atoms with E-state index in [1.165, 1.54) is 11.6 Å². The molecule has 1 aromatic heterocycles. The average Bonchev–Trinajstić information content (AvgIpc) is 3.08. The Labute approximate surface area is 183 Å². The predicted molar refractivity (Wildman–Crippen MR) is 118 cm³/mol. The molecule has 170 valence electrons. The second-order valence-electron chi connectivity index (χ2n) is 7.99. The van der Waals surface area contributed by atoms with E-state index in [4.69, 9.17) is 4.52 Å². The topological polar surface area (TPSA) is 56.9 Å². The first-order valence-corrected chi connectivity index (χ1v) is 11.0. The van der Waals surface area contributed by atoms with Crippen LogP contribution in [0.4, 0.5) is 8.78 Å². The molecule has 0 radical (unpaired) electrons. The van der Waals surface area contributed by atoms with E-state index in [9.17, 15) is 8.78 Å². The number of hydrogen-bond donors (Lipinski definition) is 1. The van der Waals surface area contributed by atoms with Crippen molar-refractivity contribution in [1.29, 1.82) is 0 Å². The van der Waals surface area contributed by atoms with Gasteiger partial charge in [-0.05, 0) is 39.2 Å². The number of nitrogens with zero attached hydrogens (tertiary/aromatic N) is 4. The number of guanidine groups is 1. The molecule has 1 aliphatic rings. The van der Waals surface area contributed by atoms with E-state index < -0.39 is 11.6 Å². The molecule has 0 aliphatic carbocycles. The molecular formula is C23H33F2N5O. The largest absolute Gasteiger partial charge is 0.361 e. The molecule has 2 aromatic rings. The smallest absolute Gasteiger partial charge is 0.193 e. The number of aliphatic imine (C=N–C) groups is 1.